The fourth-order valence-electron chi connectivity index (χ4n) is 2.63. The number of hydrogen-bond donors (Lipinski definition) is 1. The second-order valence-corrected chi connectivity index (χ2v) is 6.77. The summed E-state index contributed by atoms with van der Waals surface area (Å²) in [6.07, 6.45) is 4.36. The number of carbonyl (C=O) groups excluding carboxylic acids is 3. The standard InChI is InChI=1S/C18H26N6O6/c1-4-5-6-8-12(2)30-13(25)9-7-10-29-17(27)20-16(26)14-15-21-22-23(3)18(28)24(15)11-19-14/h11-12H,4-10H2,1-3H3,(H,20,26,27). The van der Waals surface area contributed by atoms with Gasteiger partial charge in [0.2, 0.25) is 0 Å². The molecule has 1 atom stereocenters. The van der Waals surface area contributed by atoms with Crippen LogP contribution in [0.25, 0.3) is 5.65 Å². The first-order valence-corrected chi connectivity index (χ1v) is 9.78. The predicted octanol–water partition coefficient (Wildman–Crippen LogP) is 0.982. The Balaban J connectivity index is 1.72. The van der Waals surface area contributed by atoms with Gasteiger partial charge >= 0.3 is 17.8 Å². The Bertz CT molecular complexity index is 952. The maximum Gasteiger partial charge on any atom is 0.414 e. The molecule has 0 spiro atoms. The highest BCUT2D eigenvalue weighted by molar-refractivity contribution is 6.05. The van der Waals surface area contributed by atoms with E-state index in [1.54, 1.807) is 0 Å². The van der Waals surface area contributed by atoms with Crippen LogP contribution in [0.15, 0.2) is 11.1 Å². The minimum Gasteiger partial charge on any atom is -0.463 e. The van der Waals surface area contributed by atoms with E-state index in [9.17, 15) is 19.2 Å². The fourth-order valence-corrected chi connectivity index (χ4v) is 2.63. The topological polar surface area (TPSA) is 147 Å². The highest BCUT2D eigenvalue weighted by Crippen LogP contribution is 2.08. The van der Waals surface area contributed by atoms with E-state index in [2.05, 4.69) is 22.2 Å². The Hall–Kier alpha value is -3.31. The van der Waals surface area contributed by atoms with Crippen LogP contribution in [0.5, 0.6) is 0 Å². The van der Waals surface area contributed by atoms with Crippen LogP contribution in [0.4, 0.5) is 4.79 Å². The molecule has 1 N–H and O–H groups in total. The van der Waals surface area contributed by atoms with E-state index >= 15 is 0 Å². The van der Waals surface area contributed by atoms with E-state index in [0.29, 0.717) is 0 Å². The first kappa shape index (κ1) is 23.0. The molecule has 0 aromatic carbocycles. The number of aryl methyl sites for hydroxylation is 1. The summed E-state index contributed by atoms with van der Waals surface area (Å²) in [5, 5.41) is 9.28. The summed E-state index contributed by atoms with van der Waals surface area (Å²) < 4.78 is 12.2. The number of rotatable bonds is 10. The lowest BCUT2D eigenvalue weighted by molar-refractivity contribution is -0.148. The monoisotopic (exact) mass is 422 g/mol. The molecule has 1 unspecified atom stereocenters. The van der Waals surface area contributed by atoms with Crippen LogP contribution in [0.1, 0.15) is 62.9 Å². The molecule has 12 heteroatoms. The molecule has 2 rings (SSSR count). The van der Waals surface area contributed by atoms with Gasteiger partial charge in [-0.15, -0.1) is 5.10 Å². The van der Waals surface area contributed by atoms with Crippen LogP contribution in [-0.4, -0.2) is 55.1 Å². The molecular formula is C18H26N6O6. The molecule has 0 radical (unpaired) electrons. The van der Waals surface area contributed by atoms with E-state index in [1.165, 1.54) is 7.05 Å². The van der Waals surface area contributed by atoms with Gasteiger partial charge in [0.1, 0.15) is 6.33 Å². The number of aromatic nitrogens is 5. The zero-order valence-corrected chi connectivity index (χ0v) is 17.3. The van der Waals surface area contributed by atoms with Crippen molar-refractivity contribution in [1.82, 2.24) is 29.7 Å². The van der Waals surface area contributed by atoms with E-state index in [-0.39, 0.29) is 42.9 Å². The third-order valence-corrected chi connectivity index (χ3v) is 4.23. The summed E-state index contributed by atoms with van der Waals surface area (Å²) in [5.74, 6) is -1.24. The third-order valence-electron chi connectivity index (χ3n) is 4.23. The van der Waals surface area contributed by atoms with Crippen LogP contribution in [-0.2, 0) is 21.3 Å². The van der Waals surface area contributed by atoms with Crippen LogP contribution >= 0.6 is 0 Å². The molecule has 2 aromatic rings. The molecule has 0 bridgehead atoms. The first-order valence-electron chi connectivity index (χ1n) is 9.78. The number of imidazole rings is 1. The zero-order chi connectivity index (χ0) is 22.1. The van der Waals surface area contributed by atoms with Gasteiger partial charge < -0.3 is 9.47 Å². The molecule has 164 valence electrons. The molecule has 2 amide bonds. The van der Waals surface area contributed by atoms with Crippen molar-refractivity contribution in [3.05, 3.63) is 22.5 Å². The Morgan fingerprint density at radius 2 is 2.00 bits per heavy atom. The molecule has 0 saturated heterocycles. The van der Waals surface area contributed by atoms with E-state index in [0.717, 1.165) is 41.1 Å². The van der Waals surface area contributed by atoms with Crippen molar-refractivity contribution in [3.8, 4) is 0 Å². The molecule has 0 aliphatic rings. The molecule has 0 saturated carbocycles. The van der Waals surface area contributed by atoms with Crippen molar-refractivity contribution in [2.45, 2.75) is 58.5 Å². The number of amides is 2. The second-order valence-electron chi connectivity index (χ2n) is 6.77. The lowest BCUT2D eigenvalue weighted by Crippen LogP contribution is -2.32. The van der Waals surface area contributed by atoms with E-state index < -0.39 is 17.7 Å². The van der Waals surface area contributed by atoms with Gasteiger partial charge in [0.05, 0.1) is 12.7 Å². The molecule has 2 heterocycles. The van der Waals surface area contributed by atoms with Gasteiger partial charge in [0.25, 0.3) is 5.91 Å². The largest absolute Gasteiger partial charge is 0.463 e. The molecular weight excluding hydrogens is 396 g/mol. The summed E-state index contributed by atoms with van der Waals surface area (Å²) in [6.45, 7) is 3.89. The minimum atomic E-state index is -1.00. The van der Waals surface area contributed by atoms with Gasteiger partial charge in [0, 0.05) is 13.5 Å². The van der Waals surface area contributed by atoms with Gasteiger partial charge in [-0.2, -0.15) is 4.68 Å². The average Bonchev–Trinajstić information content (AvgIpc) is 3.13. The number of alkyl carbamates (subject to hydrolysis) is 1. The minimum absolute atomic E-state index is 0.0668. The number of esters is 1. The summed E-state index contributed by atoms with van der Waals surface area (Å²) in [4.78, 5) is 51.3. The first-order chi connectivity index (χ1) is 14.3. The van der Waals surface area contributed by atoms with Crippen LogP contribution in [0, 0.1) is 0 Å². The van der Waals surface area contributed by atoms with Crippen LogP contribution in [0.2, 0.25) is 0 Å². The third kappa shape index (κ3) is 6.36. The second kappa shape index (κ2) is 11.0. The van der Waals surface area contributed by atoms with Gasteiger partial charge in [-0.25, -0.2) is 19.0 Å². The van der Waals surface area contributed by atoms with Crippen molar-refractivity contribution in [1.29, 1.82) is 0 Å². The quantitative estimate of drug-likeness (QED) is 0.437. The lowest BCUT2D eigenvalue weighted by atomic mass is 10.1. The van der Waals surface area contributed by atoms with Crippen molar-refractivity contribution < 1.29 is 23.9 Å². The zero-order valence-electron chi connectivity index (χ0n) is 17.3. The van der Waals surface area contributed by atoms with E-state index in [1.807, 2.05) is 12.2 Å². The van der Waals surface area contributed by atoms with Gasteiger partial charge in [-0.3, -0.25) is 14.9 Å². The maximum absolute atomic E-state index is 12.2. The molecule has 0 aliphatic heterocycles. The highest BCUT2D eigenvalue weighted by atomic mass is 16.6. The number of fused-ring (bicyclic) bond motifs is 1. The summed E-state index contributed by atoms with van der Waals surface area (Å²) in [5.41, 5.74) is -0.863. The van der Waals surface area contributed by atoms with Gasteiger partial charge in [-0.05, 0) is 26.2 Å². The number of hydrogen-bond acceptors (Lipinski definition) is 9. The van der Waals surface area contributed by atoms with Crippen molar-refractivity contribution in [2.24, 2.45) is 7.05 Å². The molecule has 2 aromatic heterocycles. The van der Waals surface area contributed by atoms with Crippen molar-refractivity contribution in [3.63, 3.8) is 0 Å². The Morgan fingerprint density at radius 1 is 1.23 bits per heavy atom. The number of ether oxygens (including phenoxy) is 2. The van der Waals surface area contributed by atoms with Crippen LogP contribution < -0.4 is 11.0 Å². The molecule has 0 fully saturated rings. The Kier molecular flexibility index (Phi) is 8.44. The lowest BCUT2D eigenvalue weighted by Gasteiger charge is -2.12. The maximum atomic E-state index is 12.2. The van der Waals surface area contributed by atoms with Gasteiger partial charge in [-0.1, -0.05) is 25.0 Å². The van der Waals surface area contributed by atoms with E-state index in [4.69, 9.17) is 9.47 Å². The highest BCUT2D eigenvalue weighted by Gasteiger charge is 2.20. The number of nitrogens with one attached hydrogen (secondary N) is 1. The molecule has 0 aliphatic carbocycles. The van der Waals surface area contributed by atoms with Crippen LogP contribution in [0.3, 0.4) is 0 Å². The summed E-state index contributed by atoms with van der Waals surface area (Å²) >= 11 is 0. The SMILES string of the molecule is CCCCCC(C)OC(=O)CCCOC(=O)NC(=O)c1ncn2c(=O)n(C)nnc12. The number of unbranched alkanes of at least 4 members (excludes halogenated alkanes) is 2. The smallest absolute Gasteiger partial charge is 0.414 e. The summed E-state index contributed by atoms with van der Waals surface area (Å²) in [7, 11) is 1.40. The molecule has 12 nitrogen and oxygen atoms in total. The number of carbonyl (C=O) groups is 3. The normalized spacial score (nSPS) is 11.8. The summed E-state index contributed by atoms with van der Waals surface area (Å²) in [6, 6.07) is 0. The number of imide groups is 1. The fraction of sp³-hybridized carbons (Fsp3) is 0.611. The Morgan fingerprint density at radius 3 is 2.73 bits per heavy atom. The number of nitrogens with zero attached hydrogens (tertiary/aromatic N) is 5. The van der Waals surface area contributed by atoms with Crippen molar-refractivity contribution >= 4 is 23.6 Å². The van der Waals surface area contributed by atoms with Gasteiger partial charge in [0.15, 0.2) is 11.3 Å². The average molecular weight is 422 g/mol. The molecule has 30 heavy (non-hydrogen) atoms. The predicted molar refractivity (Wildman–Crippen MR) is 104 cm³/mol. The Labute approximate surface area is 172 Å². The van der Waals surface area contributed by atoms with Crippen molar-refractivity contribution in [2.75, 3.05) is 6.61 Å².